The molecule has 0 bridgehead atoms. The molecule has 0 N–H and O–H groups in total. The van der Waals surface area contributed by atoms with Crippen LogP contribution in [0.4, 0.5) is 0 Å². The van der Waals surface area contributed by atoms with E-state index in [9.17, 15) is 0 Å². The minimum absolute atomic E-state index is 0.273. The zero-order valence-electron chi connectivity index (χ0n) is 7.45. The lowest BCUT2D eigenvalue weighted by atomic mass is 10.1. The summed E-state index contributed by atoms with van der Waals surface area (Å²) in [6.07, 6.45) is -0.273. The van der Waals surface area contributed by atoms with Gasteiger partial charge in [-0.05, 0) is 5.56 Å². The Hall–Kier alpha value is 0.1000. The highest BCUT2D eigenvalue weighted by Gasteiger charge is 2.39. The topological polar surface area (TPSA) is 18.5 Å². The number of benzene rings is 1. The molecule has 1 aromatic rings. The van der Waals surface area contributed by atoms with Gasteiger partial charge in [-0.15, -0.1) is 0 Å². The summed E-state index contributed by atoms with van der Waals surface area (Å²) in [5.41, 5.74) is 1.09. The second kappa shape index (κ2) is 4.31. The number of alkyl halides is 2. The first-order valence-corrected chi connectivity index (χ1v) is 5.96. The van der Waals surface area contributed by atoms with E-state index in [1.807, 2.05) is 30.3 Å². The minimum atomic E-state index is -0.447. The van der Waals surface area contributed by atoms with Gasteiger partial charge in [-0.3, -0.25) is 0 Å². The van der Waals surface area contributed by atoms with Crippen LogP contribution in [0, 0.1) is 0 Å². The van der Waals surface area contributed by atoms with Crippen molar-refractivity contribution in [3.05, 3.63) is 35.9 Å². The van der Waals surface area contributed by atoms with Gasteiger partial charge in [0.15, 0.2) is 9.52 Å². The predicted octanol–water partition coefficient (Wildman–Crippen LogP) is 3.00. The molecule has 1 aliphatic heterocycles. The first-order valence-electron chi connectivity index (χ1n) is 4.38. The molecule has 1 heterocycles. The fourth-order valence-corrected chi connectivity index (χ4v) is 2.42. The number of hydrogen-bond donors (Lipinski definition) is 0. The van der Waals surface area contributed by atoms with Gasteiger partial charge in [-0.25, -0.2) is 0 Å². The van der Waals surface area contributed by atoms with E-state index in [4.69, 9.17) is 9.47 Å². The van der Waals surface area contributed by atoms with Gasteiger partial charge in [0.25, 0.3) is 0 Å². The van der Waals surface area contributed by atoms with Crippen molar-refractivity contribution in [3.63, 3.8) is 0 Å². The molecule has 2 rings (SSSR count). The maximum absolute atomic E-state index is 5.46. The maximum Gasteiger partial charge on any atom is 0.187 e. The Bertz CT molecular complexity index is 294. The van der Waals surface area contributed by atoms with Crippen LogP contribution < -0.4 is 0 Å². The normalized spacial score (nSPS) is 18.7. The van der Waals surface area contributed by atoms with Crippen LogP contribution in [0.25, 0.3) is 0 Å². The summed E-state index contributed by atoms with van der Waals surface area (Å²) in [4.78, 5) is 0. The summed E-state index contributed by atoms with van der Waals surface area (Å²) in [5, 5.41) is 0. The molecule has 1 aromatic carbocycles. The summed E-state index contributed by atoms with van der Waals surface area (Å²) in [6, 6.07) is 10.0. The fourth-order valence-electron chi connectivity index (χ4n) is 1.36. The van der Waals surface area contributed by atoms with Crippen LogP contribution in [0.3, 0.4) is 0 Å². The molecular formula is C10H10Br2O2. The Morgan fingerprint density at radius 2 is 1.64 bits per heavy atom. The fraction of sp³-hybridized carbons (Fsp3) is 0.400. The average Bonchev–Trinajstić information content (AvgIpc) is 2.72. The summed E-state index contributed by atoms with van der Waals surface area (Å²) < 4.78 is 10.5. The van der Waals surface area contributed by atoms with Crippen LogP contribution >= 0.6 is 31.9 Å². The van der Waals surface area contributed by atoms with Crippen molar-refractivity contribution in [2.75, 3.05) is 13.2 Å². The van der Waals surface area contributed by atoms with E-state index < -0.39 is 3.23 Å². The molecule has 14 heavy (non-hydrogen) atoms. The van der Waals surface area contributed by atoms with Crippen LogP contribution in [-0.4, -0.2) is 19.5 Å². The molecule has 1 fully saturated rings. The van der Waals surface area contributed by atoms with Crippen molar-refractivity contribution in [2.24, 2.45) is 0 Å². The van der Waals surface area contributed by atoms with Crippen molar-refractivity contribution in [3.8, 4) is 0 Å². The van der Waals surface area contributed by atoms with Gasteiger partial charge in [0.1, 0.15) is 0 Å². The van der Waals surface area contributed by atoms with Crippen LogP contribution in [0.2, 0.25) is 0 Å². The standard InChI is InChI=1S/C10H10Br2O2/c11-10(12,9-13-6-7-14-9)8-4-2-1-3-5-8/h1-5,9H,6-7H2. The number of halogens is 2. The molecule has 0 radical (unpaired) electrons. The molecule has 2 nitrogen and oxygen atoms in total. The Kier molecular flexibility index (Phi) is 3.27. The SMILES string of the molecule is BrC(Br)(c1ccccc1)C1OCCO1. The highest BCUT2D eigenvalue weighted by atomic mass is 79.9. The van der Waals surface area contributed by atoms with E-state index in [1.54, 1.807) is 0 Å². The van der Waals surface area contributed by atoms with Crippen LogP contribution in [0.15, 0.2) is 30.3 Å². The van der Waals surface area contributed by atoms with Gasteiger partial charge in [0.05, 0.1) is 13.2 Å². The van der Waals surface area contributed by atoms with Crippen LogP contribution in [0.1, 0.15) is 5.56 Å². The molecule has 0 aromatic heterocycles. The highest BCUT2D eigenvalue weighted by molar-refractivity contribution is 9.24. The average molecular weight is 322 g/mol. The molecule has 0 amide bonds. The van der Waals surface area contributed by atoms with Gasteiger partial charge < -0.3 is 9.47 Å². The third kappa shape index (κ3) is 2.03. The smallest absolute Gasteiger partial charge is 0.187 e. The van der Waals surface area contributed by atoms with E-state index in [-0.39, 0.29) is 6.29 Å². The summed E-state index contributed by atoms with van der Waals surface area (Å²) in [6.45, 7) is 1.30. The lowest BCUT2D eigenvalue weighted by Crippen LogP contribution is -2.28. The quantitative estimate of drug-likeness (QED) is 0.780. The molecule has 4 heteroatoms. The maximum atomic E-state index is 5.46. The number of rotatable bonds is 2. The largest absolute Gasteiger partial charge is 0.348 e. The van der Waals surface area contributed by atoms with Gasteiger partial charge in [0, 0.05) is 0 Å². The van der Waals surface area contributed by atoms with E-state index in [0.717, 1.165) is 5.56 Å². The first-order chi connectivity index (χ1) is 6.71. The van der Waals surface area contributed by atoms with E-state index in [2.05, 4.69) is 31.9 Å². The summed E-state index contributed by atoms with van der Waals surface area (Å²) >= 11 is 7.17. The Morgan fingerprint density at radius 1 is 1.07 bits per heavy atom. The molecule has 76 valence electrons. The second-order valence-corrected chi connectivity index (χ2v) is 6.63. The first kappa shape index (κ1) is 10.6. The monoisotopic (exact) mass is 320 g/mol. The van der Waals surface area contributed by atoms with Crippen molar-refractivity contribution in [1.29, 1.82) is 0 Å². The van der Waals surface area contributed by atoms with Gasteiger partial charge >= 0.3 is 0 Å². The van der Waals surface area contributed by atoms with Gasteiger partial charge in [-0.1, -0.05) is 62.2 Å². The lowest BCUT2D eigenvalue weighted by Gasteiger charge is -2.26. The molecule has 1 saturated heterocycles. The number of ether oxygens (including phenoxy) is 2. The van der Waals surface area contributed by atoms with Gasteiger partial charge in [0.2, 0.25) is 0 Å². The molecule has 0 saturated carbocycles. The van der Waals surface area contributed by atoms with Gasteiger partial charge in [-0.2, -0.15) is 0 Å². The van der Waals surface area contributed by atoms with E-state index >= 15 is 0 Å². The molecule has 0 aliphatic carbocycles. The van der Waals surface area contributed by atoms with Crippen molar-refractivity contribution < 1.29 is 9.47 Å². The zero-order chi connectivity index (χ0) is 10.0. The highest BCUT2D eigenvalue weighted by Crippen LogP contribution is 2.44. The van der Waals surface area contributed by atoms with Crippen LogP contribution in [0.5, 0.6) is 0 Å². The van der Waals surface area contributed by atoms with E-state index in [1.165, 1.54) is 0 Å². The number of hydrogen-bond acceptors (Lipinski definition) is 2. The molecule has 0 atom stereocenters. The Labute approximate surface area is 99.8 Å². The van der Waals surface area contributed by atoms with Crippen molar-refractivity contribution >= 4 is 31.9 Å². The van der Waals surface area contributed by atoms with E-state index in [0.29, 0.717) is 13.2 Å². The minimum Gasteiger partial charge on any atom is -0.348 e. The molecule has 0 spiro atoms. The van der Waals surface area contributed by atoms with Crippen LogP contribution in [-0.2, 0) is 12.7 Å². The molecular weight excluding hydrogens is 312 g/mol. The lowest BCUT2D eigenvalue weighted by molar-refractivity contribution is -0.0471. The third-order valence-corrected chi connectivity index (χ3v) is 3.74. The predicted molar refractivity (Wildman–Crippen MR) is 61.7 cm³/mol. The summed E-state index contributed by atoms with van der Waals surface area (Å²) in [5.74, 6) is 0. The third-order valence-electron chi connectivity index (χ3n) is 2.08. The molecule has 1 aliphatic rings. The van der Waals surface area contributed by atoms with Crippen molar-refractivity contribution in [1.82, 2.24) is 0 Å². The zero-order valence-corrected chi connectivity index (χ0v) is 10.6. The van der Waals surface area contributed by atoms with Crippen molar-refractivity contribution in [2.45, 2.75) is 9.52 Å². The molecule has 0 unspecified atom stereocenters. The Morgan fingerprint density at radius 3 is 2.21 bits per heavy atom. The Balaban J connectivity index is 2.22. The summed E-state index contributed by atoms with van der Waals surface area (Å²) in [7, 11) is 0. The second-order valence-electron chi connectivity index (χ2n) is 3.06.